The van der Waals surface area contributed by atoms with Crippen LogP contribution in [0.4, 0.5) is 5.69 Å². The lowest BCUT2D eigenvalue weighted by Gasteiger charge is -2.12. The number of ether oxygens (including phenoxy) is 2. The number of benzene rings is 2. The maximum Gasteiger partial charge on any atom is 0.257 e. The second kappa shape index (κ2) is 12.9. The molecule has 5 nitrogen and oxygen atoms in total. The molecule has 30 heavy (non-hydrogen) atoms. The molecule has 0 aromatic heterocycles. The summed E-state index contributed by atoms with van der Waals surface area (Å²) < 4.78 is 11.3. The van der Waals surface area contributed by atoms with Gasteiger partial charge in [0.15, 0.2) is 5.11 Å². The Morgan fingerprint density at radius 2 is 1.57 bits per heavy atom. The molecule has 1 amide bonds. The summed E-state index contributed by atoms with van der Waals surface area (Å²) in [5, 5.41) is 5.95. The number of nitrogens with one attached hydrogen (secondary N) is 2. The van der Waals surface area contributed by atoms with E-state index in [4.69, 9.17) is 21.7 Å². The zero-order valence-electron chi connectivity index (χ0n) is 18.1. The van der Waals surface area contributed by atoms with Gasteiger partial charge >= 0.3 is 0 Å². The van der Waals surface area contributed by atoms with E-state index in [2.05, 4.69) is 17.6 Å². The summed E-state index contributed by atoms with van der Waals surface area (Å²) in [6.07, 6.45) is 6.16. The van der Waals surface area contributed by atoms with Gasteiger partial charge in [0.05, 0.1) is 12.7 Å². The van der Waals surface area contributed by atoms with Gasteiger partial charge in [-0.25, -0.2) is 0 Å². The second-order valence-corrected chi connectivity index (χ2v) is 7.79. The fraction of sp³-hybridized carbons (Fsp3) is 0.417. The topological polar surface area (TPSA) is 59.6 Å². The number of rotatable bonds is 11. The predicted molar refractivity (Wildman–Crippen MR) is 127 cm³/mol. The highest BCUT2D eigenvalue weighted by atomic mass is 32.1. The summed E-state index contributed by atoms with van der Waals surface area (Å²) in [5.41, 5.74) is 1.30. The molecule has 0 aliphatic rings. The van der Waals surface area contributed by atoms with Crippen LogP contribution in [0.15, 0.2) is 48.5 Å². The van der Waals surface area contributed by atoms with E-state index in [1.165, 1.54) is 25.7 Å². The van der Waals surface area contributed by atoms with Gasteiger partial charge in [0.1, 0.15) is 11.5 Å². The largest absolute Gasteiger partial charge is 0.494 e. The van der Waals surface area contributed by atoms with E-state index < -0.39 is 0 Å². The van der Waals surface area contributed by atoms with Crippen LogP contribution in [0.5, 0.6) is 11.5 Å². The Labute approximate surface area is 185 Å². The van der Waals surface area contributed by atoms with E-state index in [9.17, 15) is 4.79 Å². The lowest BCUT2D eigenvalue weighted by molar-refractivity contribution is 0.0977. The van der Waals surface area contributed by atoms with Crippen molar-refractivity contribution in [3.05, 3.63) is 54.1 Å². The molecule has 162 valence electrons. The summed E-state index contributed by atoms with van der Waals surface area (Å²) >= 11 is 5.25. The fourth-order valence-corrected chi connectivity index (χ4v) is 3.04. The average Bonchev–Trinajstić information content (AvgIpc) is 2.71. The van der Waals surface area contributed by atoms with Crippen LogP contribution in [0.1, 0.15) is 63.2 Å². The molecule has 0 spiro atoms. The Morgan fingerprint density at radius 1 is 0.933 bits per heavy atom. The van der Waals surface area contributed by atoms with Crippen molar-refractivity contribution in [2.24, 2.45) is 0 Å². The maximum absolute atomic E-state index is 12.3. The van der Waals surface area contributed by atoms with Crippen molar-refractivity contribution in [3.63, 3.8) is 0 Å². The highest BCUT2D eigenvalue weighted by Gasteiger charge is 2.09. The smallest absolute Gasteiger partial charge is 0.257 e. The molecule has 0 radical (unpaired) electrons. The number of amides is 1. The van der Waals surface area contributed by atoms with Crippen LogP contribution in [0.3, 0.4) is 0 Å². The van der Waals surface area contributed by atoms with Crippen LogP contribution >= 0.6 is 12.2 Å². The molecule has 2 N–H and O–H groups in total. The van der Waals surface area contributed by atoms with Crippen LogP contribution in [-0.4, -0.2) is 23.7 Å². The lowest BCUT2D eigenvalue weighted by Crippen LogP contribution is -2.34. The Kier molecular flexibility index (Phi) is 10.1. The van der Waals surface area contributed by atoms with Gasteiger partial charge in [-0.2, -0.15) is 0 Å². The van der Waals surface area contributed by atoms with E-state index in [-0.39, 0.29) is 17.1 Å². The van der Waals surface area contributed by atoms with Crippen molar-refractivity contribution >= 4 is 28.9 Å². The molecule has 0 aliphatic heterocycles. The van der Waals surface area contributed by atoms with Gasteiger partial charge < -0.3 is 14.8 Å². The van der Waals surface area contributed by atoms with Gasteiger partial charge in [0.25, 0.3) is 5.91 Å². The number of unbranched alkanes of at least 4 members (excludes halogenated alkanes) is 4. The number of hydrogen-bond acceptors (Lipinski definition) is 4. The van der Waals surface area contributed by atoms with Crippen LogP contribution in [0.25, 0.3) is 0 Å². The molecule has 0 heterocycles. The van der Waals surface area contributed by atoms with Crippen molar-refractivity contribution in [2.75, 3.05) is 11.9 Å². The van der Waals surface area contributed by atoms with Gasteiger partial charge in [-0.1, -0.05) is 32.6 Å². The van der Waals surface area contributed by atoms with Gasteiger partial charge in [0, 0.05) is 11.3 Å². The quantitative estimate of drug-likeness (QED) is 0.342. The first kappa shape index (κ1) is 23.7. The van der Waals surface area contributed by atoms with Gasteiger partial charge in [-0.05, 0) is 81.0 Å². The van der Waals surface area contributed by atoms with Crippen LogP contribution in [0.2, 0.25) is 0 Å². The Balaban J connectivity index is 1.75. The molecule has 0 bridgehead atoms. The van der Waals surface area contributed by atoms with E-state index >= 15 is 0 Å². The molecule has 0 unspecified atom stereocenters. The Morgan fingerprint density at radius 3 is 2.20 bits per heavy atom. The van der Waals surface area contributed by atoms with Crippen molar-refractivity contribution in [1.82, 2.24) is 5.32 Å². The SMILES string of the molecule is CCCCCCCOc1ccc(NC(=S)NC(=O)c2ccc(OC(C)C)cc2)cc1. The third kappa shape index (κ3) is 8.82. The number of carbonyl (C=O) groups excluding carboxylic acids is 1. The van der Waals surface area contributed by atoms with E-state index in [0.717, 1.165) is 30.2 Å². The number of carbonyl (C=O) groups is 1. The summed E-state index contributed by atoms with van der Waals surface area (Å²) in [6.45, 7) is 6.85. The van der Waals surface area contributed by atoms with Crippen LogP contribution < -0.4 is 20.1 Å². The molecular formula is C24H32N2O3S. The van der Waals surface area contributed by atoms with Crippen LogP contribution in [0, 0.1) is 0 Å². The average molecular weight is 429 g/mol. The molecular weight excluding hydrogens is 396 g/mol. The molecule has 2 aromatic rings. The third-order valence-electron chi connectivity index (χ3n) is 4.34. The number of thiocarbonyl (C=S) groups is 1. The molecule has 2 rings (SSSR count). The molecule has 0 fully saturated rings. The van der Waals surface area contributed by atoms with Crippen molar-refractivity contribution < 1.29 is 14.3 Å². The standard InChI is InChI=1S/C24H32N2O3S/c1-4-5-6-7-8-17-28-21-15-11-20(12-16-21)25-24(30)26-23(27)19-9-13-22(14-10-19)29-18(2)3/h9-16,18H,4-8,17H2,1-3H3,(H2,25,26,27,30). The minimum Gasteiger partial charge on any atom is -0.494 e. The number of hydrogen-bond donors (Lipinski definition) is 2. The van der Waals surface area contributed by atoms with Gasteiger partial charge in [0.2, 0.25) is 0 Å². The highest BCUT2D eigenvalue weighted by Crippen LogP contribution is 2.17. The minimum absolute atomic E-state index is 0.0871. The normalized spacial score (nSPS) is 10.5. The van der Waals surface area contributed by atoms with Crippen molar-refractivity contribution in [3.8, 4) is 11.5 Å². The minimum atomic E-state index is -0.272. The van der Waals surface area contributed by atoms with Crippen molar-refractivity contribution in [2.45, 2.75) is 59.0 Å². The molecule has 6 heteroatoms. The first-order valence-corrected chi connectivity index (χ1v) is 11.0. The Bertz CT molecular complexity index is 789. The van der Waals surface area contributed by atoms with Gasteiger partial charge in [-0.15, -0.1) is 0 Å². The lowest BCUT2D eigenvalue weighted by atomic mass is 10.2. The first-order valence-electron chi connectivity index (χ1n) is 10.6. The summed E-state index contributed by atoms with van der Waals surface area (Å²) in [4.78, 5) is 12.3. The molecule has 0 saturated heterocycles. The molecule has 0 saturated carbocycles. The second-order valence-electron chi connectivity index (χ2n) is 7.39. The zero-order valence-corrected chi connectivity index (χ0v) is 18.9. The Hall–Kier alpha value is -2.60. The first-order chi connectivity index (χ1) is 14.5. The predicted octanol–water partition coefficient (Wildman–Crippen LogP) is 5.95. The number of anilines is 1. The van der Waals surface area contributed by atoms with Crippen molar-refractivity contribution in [1.29, 1.82) is 0 Å². The highest BCUT2D eigenvalue weighted by molar-refractivity contribution is 7.80. The fourth-order valence-electron chi connectivity index (χ4n) is 2.82. The molecule has 0 atom stereocenters. The summed E-state index contributed by atoms with van der Waals surface area (Å²) in [5.74, 6) is 1.28. The monoisotopic (exact) mass is 428 g/mol. The van der Waals surface area contributed by atoms with E-state index in [0.29, 0.717) is 5.56 Å². The third-order valence-corrected chi connectivity index (χ3v) is 4.55. The zero-order chi connectivity index (χ0) is 21.8. The van der Waals surface area contributed by atoms with Gasteiger partial charge in [-0.3, -0.25) is 10.1 Å². The van der Waals surface area contributed by atoms with E-state index in [1.54, 1.807) is 24.3 Å². The summed E-state index contributed by atoms with van der Waals surface area (Å²) in [6, 6.07) is 14.5. The van der Waals surface area contributed by atoms with Crippen LogP contribution in [-0.2, 0) is 0 Å². The molecule has 2 aromatic carbocycles. The maximum atomic E-state index is 12.3. The van der Waals surface area contributed by atoms with E-state index in [1.807, 2.05) is 38.1 Å². The molecule has 0 aliphatic carbocycles. The summed E-state index contributed by atoms with van der Waals surface area (Å²) in [7, 11) is 0.